The lowest BCUT2D eigenvalue weighted by atomic mass is 10.0. The first-order valence-electron chi connectivity index (χ1n) is 6.73. The first kappa shape index (κ1) is 15.0. The van der Waals surface area contributed by atoms with Gasteiger partial charge in [0.15, 0.2) is 0 Å². The molecular weight excluding hydrogens is 268 g/mol. The first-order chi connectivity index (χ1) is 9.99. The van der Waals surface area contributed by atoms with Crippen LogP contribution in [0.15, 0.2) is 30.3 Å². The molecule has 2 aliphatic carbocycles. The fourth-order valence-corrected chi connectivity index (χ4v) is 2.31. The summed E-state index contributed by atoms with van der Waals surface area (Å²) >= 11 is 0. The molecule has 0 amide bonds. The third-order valence-electron chi connectivity index (χ3n) is 3.50. The number of fused-ring (bicyclic) bond motifs is 1. The van der Waals surface area contributed by atoms with Gasteiger partial charge in [0.05, 0.1) is 25.3 Å². The third kappa shape index (κ3) is 2.75. The van der Waals surface area contributed by atoms with Gasteiger partial charge < -0.3 is 9.47 Å². The monoisotopic (exact) mass is 286 g/mol. The normalized spacial score (nSPS) is 10.7. The Kier molecular flexibility index (Phi) is 4.26. The summed E-state index contributed by atoms with van der Waals surface area (Å²) in [6, 6.07) is 9.14. The van der Waals surface area contributed by atoms with Crippen LogP contribution in [-0.2, 0) is 9.47 Å². The van der Waals surface area contributed by atoms with Crippen LogP contribution in [0.1, 0.15) is 46.0 Å². The van der Waals surface area contributed by atoms with Crippen LogP contribution in [0, 0.1) is 0 Å². The van der Waals surface area contributed by atoms with E-state index in [0.29, 0.717) is 28.2 Å². The van der Waals surface area contributed by atoms with Gasteiger partial charge in [-0.1, -0.05) is 38.1 Å². The van der Waals surface area contributed by atoms with Crippen molar-refractivity contribution in [3.63, 3.8) is 0 Å². The SMILES string of the molecule is COC(=O)c1cc(C(=O)OC)c2cc(C(C)C)cccc1-2. The van der Waals surface area contributed by atoms with Crippen molar-refractivity contribution >= 4 is 11.9 Å². The Labute approximate surface area is 124 Å². The number of ether oxygens (including phenoxy) is 2. The first-order valence-corrected chi connectivity index (χ1v) is 6.73. The minimum atomic E-state index is -0.465. The standard InChI is InChI=1S/C17H18O4/c1-10(2)11-6-5-7-12-13(8-11)15(17(19)21-4)9-14(12)16(18)20-3/h5-10H,1-4H3. The molecule has 0 saturated carbocycles. The molecule has 110 valence electrons. The molecular formula is C17H18O4. The van der Waals surface area contributed by atoms with E-state index in [9.17, 15) is 9.59 Å². The van der Waals surface area contributed by atoms with Gasteiger partial charge in [0.1, 0.15) is 0 Å². The molecule has 0 aromatic rings. The molecule has 0 aromatic carbocycles. The number of methoxy groups -OCH3 is 2. The van der Waals surface area contributed by atoms with Gasteiger partial charge in [-0.2, -0.15) is 0 Å². The van der Waals surface area contributed by atoms with E-state index >= 15 is 0 Å². The van der Waals surface area contributed by atoms with Crippen LogP contribution in [0.5, 0.6) is 0 Å². The number of hydrogen-bond acceptors (Lipinski definition) is 4. The Morgan fingerprint density at radius 3 is 2.00 bits per heavy atom. The molecule has 0 bridgehead atoms. The van der Waals surface area contributed by atoms with Crippen molar-refractivity contribution in [1.29, 1.82) is 0 Å². The summed E-state index contributed by atoms with van der Waals surface area (Å²) in [4.78, 5) is 23.9. The smallest absolute Gasteiger partial charge is 0.338 e. The average Bonchev–Trinajstić information content (AvgIpc) is 2.68. The lowest BCUT2D eigenvalue weighted by Crippen LogP contribution is -2.01. The van der Waals surface area contributed by atoms with Gasteiger partial charge in [0.2, 0.25) is 0 Å². The molecule has 2 rings (SSSR count). The molecule has 0 radical (unpaired) electrons. The van der Waals surface area contributed by atoms with E-state index in [1.165, 1.54) is 20.3 Å². The Morgan fingerprint density at radius 2 is 1.48 bits per heavy atom. The van der Waals surface area contributed by atoms with Crippen molar-refractivity contribution in [2.75, 3.05) is 14.2 Å². The molecule has 0 N–H and O–H groups in total. The quantitative estimate of drug-likeness (QED) is 0.810. The van der Waals surface area contributed by atoms with Crippen LogP contribution < -0.4 is 0 Å². The number of carbonyl (C=O) groups excluding carboxylic acids is 2. The number of carbonyl (C=O) groups is 2. The summed E-state index contributed by atoms with van der Waals surface area (Å²) < 4.78 is 9.60. The van der Waals surface area contributed by atoms with E-state index in [1.54, 1.807) is 0 Å². The maximum atomic E-state index is 12.0. The number of esters is 2. The van der Waals surface area contributed by atoms with Gasteiger partial charge in [-0.25, -0.2) is 9.59 Å². The van der Waals surface area contributed by atoms with Crippen LogP contribution in [0.3, 0.4) is 0 Å². The Morgan fingerprint density at radius 1 is 0.905 bits per heavy atom. The van der Waals surface area contributed by atoms with Gasteiger partial charge >= 0.3 is 11.9 Å². The molecule has 0 fully saturated rings. The summed E-state index contributed by atoms with van der Waals surface area (Å²) in [6.07, 6.45) is 0. The van der Waals surface area contributed by atoms with Gasteiger partial charge in [-0.05, 0) is 28.7 Å². The lowest BCUT2D eigenvalue weighted by molar-refractivity contribution is 0.0600. The van der Waals surface area contributed by atoms with E-state index < -0.39 is 11.9 Å². The van der Waals surface area contributed by atoms with Crippen LogP contribution in [0.4, 0.5) is 0 Å². The predicted molar refractivity (Wildman–Crippen MR) is 79.8 cm³/mol. The van der Waals surface area contributed by atoms with Crippen LogP contribution in [-0.4, -0.2) is 26.2 Å². The molecule has 0 aromatic heterocycles. The minimum absolute atomic E-state index is 0.308. The second-order valence-electron chi connectivity index (χ2n) is 5.11. The van der Waals surface area contributed by atoms with E-state index in [-0.39, 0.29) is 0 Å². The van der Waals surface area contributed by atoms with Crippen molar-refractivity contribution in [3.05, 3.63) is 47.0 Å². The van der Waals surface area contributed by atoms with Gasteiger partial charge in [-0.15, -0.1) is 0 Å². The zero-order valence-corrected chi connectivity index (χ0v) is 12.6. The average molecular weight is 286 g/mol. The predicted octanol–water partition coefficient (Wildman–Crippen LogP) is 3.49. The van der Waals surface area contributed by atoms with Crippen LogP contribution >= 0.6 is 0 Å². The summed E-state index contributed by atoms with van der Waals surface area (Å²) in [5.74, 6) is -0.619. The molecule has 0 aliphatic heterocycles. The lowest BCUT2D eigenvalue weighted by Gasteiger charge is -2.04. The third-order valence-corrected chi connectivity index (χ3v) is 3.50. The van der Waals surface area contributed by atoms with E-state index in [2.05, 4.69) is 13.8 Å². The van der Waals surface area contributed by atoms with Crippen molar-refractivity contribution in [2.24, 2.45) is 0 Å². The highest BCUT2D eigenvalue weighted by atomic mass is 16.5. The Balaban J connectivity index is 2.73. The summed E-state index contributed by atoms with van der Waals surface area (Å²) in [5, 5.41) is 0. The molecule has 0 heterocycles. The number of hydrogen-bond donors (Lipinski definition) is 0. The zero-order chi connectivity index (χ0) is 15.6. The highest BCUT2D eigenvalue weighted by molar-refractivity contribution is 6.08. The van der Waals surface area contributed by atoms with Crippen molar-refractivity contribution < 1.29 is 19.1 Å². The van der Waals surface area contributed by atoms with Crippen LogP contribution in [0.2, 0.25) is 0 Å². The van der Waals surface area contributed by atoms with Gasteiger partial charge in [0.25, 0.3) is 0 Å². The topological polar surface area (TPSA) is 52.6 Å². The zero-order valence-electron chi connectivity index (χ0n) is 12.6. The minimum Gasteiger partial charge on any atom is -0.465 e. The maximum Gasteiger partial charge on any atom is 0.338 e. The van der Waals surface area contributed by atoms with E-state index in [1.807, 2.05) is 24.3 Å². The second-order valence-corrected chi connectivity index (χ2v) is 5.11. The van der Waals surface area contributed by atoms with Gasteiger partial charge in [-0.3, -0.25) is 0 Å². The van der Waals surface area contributed by atoms with E-state index in [0.717, 1.165) is 5.56 Å². The molecule has 0 spiro atoms. The highest BCUT2D eigenvalue weighted by Crippen LogP contribution is 2.34. The molecule has 4 nitrogen and oxygen atoms in total. The highest BCUT2D eigenvalue weighted by Gasteiger charge is 2.25. The summed E-state index contributed by atoms with van der Waals surface area (Å²) in [5.41, 5.74) is 3.23. The van der Waals surface area contributed by atoms with Crippen molar-refractivity contribution in [3.8, 4) is 11.1 Å². The molecule has 0 atom stereocenters. The largest absolute Gasteiger partial charge is 0.465 e. The van der Waals surface area contributed by atoms with Crippen molar-refractivity contribution in [2.45, 2.75) is 19.8 Å². The number of rotatable bonds is 3. The fraction of sp³-hybridized carbons (Fsp3) is 0.294. The van der Waals surface area contributed by atoms with Crippen LogP contribution in [0.25, 0.3) is 11.1 Å². The Hall–Kier alpha value is -2.36. The molecule has 21 heavy (non-hydrogen) atoms. The molecule has 0 saturated heterocycles. The molecule has 4 heteroatoms. The molecule has 0 unspecified atom stereocenters. The van der Waals surface area contributed by atoms with Gasteiger partial charge in [0, 0.05) is 0 Å². The molecule has 2 aliphatic rings. The fourth-order valence-electron chi connectivity index (χ4n) is 2.31. The summed E-state index contributed by atoms with van der Waals surface area (Å²) in [6.45, 7) is 4.15. The van der Waals surface area contributed by atoms with E-state index in [4.69, 9.17) is 9.47 Å². The maximum absolute atomic E-state index is 12.0. The van der Waals surface area contributed by atoms with Crippen molar-refractivity contribution in [1.82, 2.24) is 0 Å². The second kappa shape index (κ2) is 5.95. The Bertz CT molecular complexity index is 658. The summed E-state index contributed by atoms with van der Waals surface area (Å²) in [7, 11) is 2.65.